The summed E-state index contributed by atoms with van der Waals surface area (Å²) in [5, 5.41) is 0.260. The standard InChI is InChI=1S/C8H4Br2N2O2S/c9-4-1-3(14-6(4)10)2-5-7(13)12-8(11)15-5/h1-2H,(H2,11,12,13)/b5-2-. The Hall–Kier alpha value is -0.530. The Bertz CT molecular complexity index is 473. The zero-order valence-corrected chi connectivity index (χ0v) is 11.1. The van der Waals surface area contributed by atoms with Crippen molar-refractivity contribution in [1.29, 1.82) is 0 Å². The van der Waals surface area contributed by atoms with Crippen molar-refractivity contribution in [3.8, 4) is 0 Å². The van der Waals surface area contributed by atoms with Gasteiger partial charge < -0.3 is 10.2 Å². The number of hydrogen-bond acceptors (Lipinski definition) is 4. The van der Waals surface area contributed by atoms with E-state index < -0.39 is 0 Å². The first-order valence-corrected chi connectivity index (χ1v) is 6.19. The molecule has 4 nitrogen and oxygen atoms in total. The predicted molar refractivity (Wildman–Crippen MR) is 66.3 cm³/mol. The van der Waals surface area contributed by atoms with Crippen molar-refractivity contribution in [2.24, 2.45) is 10.7 Å². The second-order valence-corrected chi connectivity index (χ2v) is 5.27. The summed E-state index contributed by atoms with van der Waals surface area (Å²) in [6.45, 7) is 0. The van der Waals surface area contributed by atoms with Crippen LogP contribution in [0.25, 0.3) is 6.08 Å². The second-order valence-electron chi connectivity index (χ2n) is 2.64. The molecule has 7 heteroatoms. The van der Waals surface area contributed by atoms with Crippen molar-refractivity contribution in [3.63, 3.8) is 0 Å². The highest BCUT2D eigenvalue weighted by Gasteiger charge is 2.20. The van der Waals surface area contributed by atoms with Crippen molar-refractivity contribution in [1.82, 2.24) is 0 Å². The molecule has 15 heavy (non-hydrogen) atoms. The van der Waals surface area contributed by atoms with E-state index in [1.807, 2.05) is 0 Å². The van der Waals surface area contributed by atoms with Gasteiger partial charge in [0.25, 0.3) is 5.91 Å². The Balaban J connectivity index is 2.29. The molecule has 0 aliphatic carbocycles. The van der Waals surface area contributed by atoms with Gasteiger partial charge in [0.15, 0.2) is 9.84 Å². The quantitative estimate of drug-likeness (QED) is 0.790. The fraction of sp³-hybridized carbons (Fsp3) is 0. The Morgan fingerprint density at radius 2 is 2.27 bits per heavy atom. The maximum atomic E-state index is 11.3. The van der Waals surface area contributed by atoms with Gasteiger partial charge in [0.1, 0.15) is 5.76 Å². The summed E-state index contributed by atoms with van der Waals surface area (Å²) in [7, 11) is 0. The van der Waals surface area contributed by atoms with Gasteiger partial charge >= 0.3 is 0 Å². The molecule has 0 spiro atoms. The minimum Gasteiger partial charge on any atom is -0.449 e. The summed E-state index contributed by atoms with van der Waals surface area (Å²) in [6.07, 6.45) is 1.60. The molecule has 1 aromatic rings. The summed E-state index contributed by atoms with van der Waals surface area (Å²) >= 11 is 7.61. The number of carbonyl (C=O) groups is 1. The van der Waals surface area contributed by atoms with Gasteiger partial charge in [-0.15, -0.1) is 0 Å². The van der Waals surface area contributed by atoms with Crippen LogP contribution in [0.3, 0.4) is 0 Å². The fourth-order valence-electron chi connectivity index (χ4n) is 0.989. The SMILES string of the molecule is NC1=NC(=O)/C(=C/c2cc(Br)c(Br)o2)S1. The smallest absolute Gasteiger partial charge is 0.286 e. The van der Waals surface area contributed by atoms with Gasteiger partial charge in [0, 0.05) is 6.08 Å². The van der Waals surface area contributed by atoms with Crippen molar-refractivity contribution in [3.05, 3.63) is 25.9 Å². The minimum absolute atomic E-state index is 0.260. The lowest BCUT2D eigenvalue weighted by molar-refractivity contribution is -0.113. The number of carbonyl (C=O) groups excluding carboxylic acids is 1. The number of rotatable bonds is 1. The molecule has 0 fully saturated rings. The second kappa shape index (κ2) is 4.15. The zero-order valence-electron chi connectivity index (χ0n) is 7.16. The van der Waals surface area contributed by atoms with Crippen LogP contribution in [0.1, 0.15) is 5.76 Å². The lowest BCUT2D eigenvalue weighted by Gasteiger charge is -1.89. The first kappa shape index (κ1) is 11.0. The highest BCUT2D eigenvalue weighted by atomic mass is 79.9. The molecule has 0 saturated heterocycles. The number of halogens is 2. The number of furan rings is 1. The third-order valence-electron chi connectivity index (χ3n) is 1.57. The highest BCUT2D eigenvalue weighted by molar-refractivity contribution is 9.13. The monoisotopic (exact) mass is 350 g/mol. The van der Waals surface area contributed by atoms with Crippen LogP contribution in [0.4, 0.5) is 0 Å². The van der Waals surface area contributed by atoms with Gasteiger partial charge in [0.05, 0.1) is 9.38 Å². The molecular formula is C8H4Br2N2O2S. The van der Waals surface area contributed by atoms with E-state index in [1.165, 1.54) is 0 Å². The van der Waals surface area contributed by atoms with Crippen molar-refractivity contribution < 1.29 is 9.21 Å². The van der Waals surface area contributed by atoms with E-state index in [1.54, 1.807) is 12.1 Å². The molecule has 2 heterocycles. The first-order chi connectivity index (χ1) is 7.06. The predicted octanol–water partition coefficient (Wildman–Crippen LogP) is 2.73. The molecule has 0 saturated carbocycles. The van der Waals surface area contributed by atoms with Gasteiger partial charge in [-0.2, -0.15) is 4.99 Å². The van der Waals surface area contributed by atoms with Crippen LogP contribution in [0.15, 0.2) is 29.5 Å². The number of nitrogens with zero attached hydrogens (tertiary/aromatic N) is 1. The molecule has 0 radical (unpaired) electrons. The number of aliphatic imine (C=N–C) groups is 1. The van der Waals surface area contributed by atoms with E-state index in [4.69, 9.17) is 10.2 Å². The summed E-state index contributed by atoms with van der Waals surface area (Å²) in [5.41, 5.74) is 5.41. The third-order valence-corrected chi connectivity index (χ3v) is 4.10. The van der Waals surface area contributed by atoms with Crippen LogP contribution in [-0.4, -0.2) is 11.1 Å². The average Bonchev–Trinajstić information content (AvgIpc) is 2.59. The Morgan fingerprint density at radius 1 is 1.53 bits per heavy atom. The molecular weight excluding hydrogens is 348 g/mol. The van der Waals surface area contributed by atoms with Crippen molar-refractivity contribution in [2.75, 3.05) is 0 Å². The number of amides is 1. The fourth-order valence-corrected chi connectivity index (χ4v) is 2.26. The average molecular weight is 352 g/mol. The van der Waals surface area contributed by atoms with Crippen LogP contribution >= 0.6 is 43.6 Å². The summed E-state index contributed by atoms with van der Waals surface area (Å²) < 4.78 is 6.67. The molecule has 2 N–H and O–H groups in total. The van der Waals surface area contributed by atoms with Gasteiger partial charge in [-0.25, -0.2) is 0 Å². The number of thioether (sulfide) groups is 1. The molecule has 1 aliphatic rings. The Morgan fingerprint density at radius 3 is 2.73 bits per heavy atom. The highest BCUT2D eigenvalue weighted by Crippen LogP contribution is 2.31. The molecule has 1 aromatic heterocycles. The molecule has 1 aliphatic heterocycles. The third kappa shape index (κ3) is 2.35. The van der Waals surface area contributed by atoms with Crippen LogP contribution in [-0.2, 0) is 4.79 Å². The molecule has 0 bridgehead atoms. The normalized spacial score (nSPS) is 18.7. The van der Waals surface area contributed by atoms with E-state index in [0.29, 0.717) is 15.3 Å². The van der Waals surface area contributed by atoms with Crippen LogP contribution in [0.2, 0.25) is 0 Å². The van der Waals surface area contributed by atoms with Crippen LogP contribution < -0.4 is 5.73 Å². The van der Waals surface area contributed by atoms with E-state index in [0.717, 1.165) is 16.2 Å². The zero-order chi connectivity index (χ0) is 11.0. The Kier molecular flexibility index (Phi) is 3.03. The van der Waals surface area contributed by atoms with E-state index in [2.05, 4.69) is 36.9 Å². The van der Waals surface area contributed by atoms with E-state index >= 15 is 0 Å². The first-order valence-electron chi connectivity index (χ1n) is 3.79. The van der Waals surface area contributed by atoms with Gasteiger partial charge in [-0.05, 0) is 49.7 Å². The lowest BCUT2D eigenvalue weighted by atomic mass is 10.4. The molecule has 0 aromatic carbocycles. The van der Waals surface area contributed by atoms with E-state index in [-0.39, 0.29) is 11.1 Å². The molecule has 2 rings (SSSR count). The molecule has 0 atom stereocenters. The largest absolute Gasteiger partial charge is 0.449 e. The Labute approximate surface area is 106 Å². The molecule has 78 valence electrons. The molecule has 1 amide bonds. The van der Waals surface area contributed by atoms with E-state index in [9.17, 15) is 4.79 Å². The maximum Gasteiger partial charge on any atom is 0.286 e. The summed E-state index contributed by atoms with van der Waals surface area (Å²) in [6, 6.07) is 1.75. The summed E-state index contributed by atoms with van der Waals surface area (Å²) in [5.74, 6) is 0.232. The summed E-state index contributed by atoms with van der Waals surface area (Å²) in [4.78, 5) is 15.3. The van der Waals surface area contributed by atoms with Crippen LogP contribution in [0, 0.1) is 0 Å². The van der Waals surface area contributed by atoms with Crippen molar-refractivity contribution in [2.45, 2.75) is 0 Å². The van der Waals surface area contributed by atoms with Gasteiger partial charge in [-0.3, -0.25) is 4.79 Å². The lowest BCUT2D eigenvalue weighted by Crippen LogP contribution is -2.01. The maximum absolute atomic E-state index is 11.3. The minimum atomic E-state index is -0.332. The number of amidine groups is 1. The van der Waals surface area contributed by atoms with Gasteiger partial charge in [0.2, 0.25) is 0 Å². The van der Waals surface area contributed by atoms with Gasteiger partial charge in [-0.1, -0.05) is 0 Å². The number of nitrogens with two attached hydrogens (primary N) is 1. The van der Waals surface area contributed by atoms with Crippen LogP contribution in [0.5, 0.6) is 0 Å². The van der Waals surface area contributed by atoms with Crippen molar-refractivity contribution >= 4 is 60.8 Å². The number of hydrogen-bond donors (Lipinski definition) is 1. The topological polar surface area (TPSA) is 68.6 Å². The molecule has 0 unspecified atom stereocenters.